The van der Waals surface area contributed by atoms with E-state index in [-0.39, 0.29) is 0 Å². The SMILES string of the molecule is COc1ccc(-c2nc(Cl)sc2N)cc1. The number of nitrogens with zero attached hydrogens (tertiary/aromatic N) is 1. The third-order valence-electron chi connectivity index (χ3n) is 1.99. The van der Waals surface area contributed by atoms with Crippen molar-refractivity contribution in [3.63, 3.8) is 0 Å². The zero-order chi connectivity index (χ0) is 10.8. The smallest absolute Gasteiger partial charge is 0.186 e. The molecule has 5 heteroatoms. The Hall–Kier alpha value is -1.26. The maximum Gasteiger partial charge on any atom is 0.186 e. The van der Waals surface area contributed by atoms with E-state index >= 15 is 0 Å². The van der Waals surface area contributed by atoms with Crippen LogP contribution in [-0.2, 0) is 0 Å². The lowest BCUT2D eigenvalue weighted by molar-refractivity contribution is 0.415. The summed E-state index contributed by atoms with van der Waals surface area (Å²) in [7, 11) is 1.63. The number of anilines is 1. The standard InChI is InChI=1S/C10H9ClN2OS/c1-14-7-4-2-6(3-5-7)8-9(12)15-10(11)13-8/h2-5H,12H2,1H3. The Balaban J connectivity index is 2.41. The average molecular weight is 241 g/mol. The van der Waals surface area contributed by atoms with Crippen LogP contribution >= 0.6 is 22.9 Å². The van der Waals surface area contributed by atoms with Crippen LogP contribution in [-0.4, -0.2) is 12.1 Å². The van der Waals surface area contributed by atoms with Crippen LogP contribution in [0.25, 0.3) is 11.3 Å². The van der Waals surface area contributed by atoms with Crippen molar-refractivity contribution in [3.8, 4) is 17.0 Å². The van der Waals surface area contributed by atoms with Crippen molar-refractivity contribution in [2.45, 2.75) is 0 Å². The van der Waals surface area contributed by atoms with Gasteiger partial charge < -0.3 is 10.5 Å². The summed E-state index contributed by atoms with van der Waals surface area (Å²) in [5.41, 5.74) is 7.45. The maximum absolute atomic E-state index is 5.78. The van der Waals surface area contributed by atoms with E-state index in [2.05, 4.69) is 4.98 Å². The number of aromatic nitrogens is 1. The van der Waals surface area contributed by atoms with Gasteiger partial charge in [-0.3, -0.25) is 0 Å². The molecule has 3 nitrogen and oxygen atoms in total. The van der Waals surface area contributed by atoms with E-state index in [0.29, 0.717) is 9.47 Å². The van der Waals surface area contributed by atoms with Crippen molar-refractivity contribution in [2.24, 2.45) is 0 Å². The Labute approximate surface area is 96.5 Å². The fraction of sp³-hybridized carbons (Fsp3) is 0.100. The van der Waals surface area contributed by atoms with Crippen molar-refractivity contribution >= 4 is 27.9 Å². The molecule has 78 valence electrons. The molecule has 0 saturated heterocycles. The lowest BCUT2D eigenvalue weighted by Crippen LogP contribution is -1.86. The summed E-state index contributed by atoms with van der Waals surface area (Å²) in [6, 6.07) is 7.53. The number of nitrogen functional groups attached to an aromatic ring is 1. The van der Waals surface area contributed by atoms with Crippen LogP contribution < -0.4 is 10.5 Å². The number of methoxy groups -OCH3 is 1. The molecule has 0 aliphatic rings. The quantitative estimate of drug-likeness (QED) is 0.878. The lowest BCUT2D eigenvalue weighted by atomic mass is 10.1. The monoisotopic (exact) mass is 240 g/mol. The number of ether oxygens (including phenoxy) is 1. The summed E-state index contributed by atoms with van der Waals surface area (Å²) < 4.78 is 5.52. The van der Waals surface area contributed by atoms with Crippen molar-refractivity contribution in [3.05, 3.63) is 28.7 Å². The van der Waals surface area contributed by atoms with Gasteiger partial charge in [-0.1, -0.05) is 22.9 Å². The largest absolute Gasteiger partial charge is 0.497 e. The maximum atomic E-state index is 5.78. The van der Waals surface area contributed by atoms with E-state index in [4.69, 9.17) is 22.1 Å². The Morgan fingerprint density at radius 2 is 2.00 bits per heavy atom. The molecular weight excluding hydrogens is 232 g/mol. The molecule has 0 aliphatic heterocycles. The van der Waals surface area contributed by atoms with Crippen molar-refractivity contribution in [1.29, 1.82) is 0 Å². The second-order valence-corrected chi connectivity index (χ2v) is 4.52. The van der Waals surface area contributed by atoms with E-state index in [0.717, 1.165) is 17.0 Å². The van der Waals surface area contributed by atoms with Crippen molar-refractivity contribution in [2.75, 3.05) is 12.8 Å². The molecule has 0 atom stereocenters. The third kappa shape index (κ3) is 2.06. The second-order valence-electron chi connectivity index (χ2n) is 2.91. The van der Waals surface area contributed by atoms with Crippen LogP contribution in [0.5, 0.6) is 5.75 Å². The molecule has 0 bridgehead atoms. The van der Waals surface area contributed by atoms with Crippen LogP contribution in [0.3, 0.4) is 0 Å². The van der Waals surface area contributed by atoms with Gasteiger partial charge in [0.25, 0.3) is 0 Å². The first-order valence-corrected chi connectivity index (χ1v) is 5.46. The number of benzene rings is 1. The summed E-state index contributed by atoms with van der Waals surface area (Å²) >= 11 is 7.05. The summed E-state index contributed by atoms with van der Waals surface area (Å²) in [6.45, 7) is 0. The zero-order valence-corrected chi connectivity index (χ0v) is 9.60. The highest BCUT2D eigenvalue weighted by atomic mass is 35.5. The molecule has 2 aromatic rings. The molecule has 0 spiro atoms. The van der Waals surface area contributed by atoms with E-state index in [1.54, 1.807) is 7.11 Å². The molecule has 2 rings (SSSR count). The van der Waals surface area contributed by atoms with E-state index in [1.165, 1.54) is 11.3 Å². The van der Waals surface area contributed by atoms with Crippen LogP contribution in [0.2, 0.25) is 4.47 Å². The Morgan fingerprint density at radius 1 is 1.33 bits per heavy atom. The molecular formula is C10H9ClN2OS. The fourth-order valence-electron chi connectivity index (χ4n) is 1.26. The van der Waals surface area contributed by atoms with Gasteiger partial charge in [0, 0.05) is 5.56 Å². The third-order valence-corrected chi connectivity index (χ3v) is 2.98. The minimum Gasteiger partial charge on any atom is -0.497 e. The number of thiazole rings is 1. The van der Waals surface area contributed by atoms with E-state index in [1.807, 2.05) is 24.3 Å². The molecule has 15 heavy (non-hydrogen) atoms. The normalized spacial score (nSPS) is 10.3. The van der Waals surface area contributed by atoms with Gasteiger partial charge in [-0.25, -0.2) is 4.98 Å². The first kappa shape index (κ1) is 10.3. The summed E-state index contributed by atoms with van der Waals surface area (Å²) in [5.74, 6) is 0.804. The highest BCUT2D eigenvalue weighted by Gasteiger charge is 2.08. The molecule has 0 amide bonds. The van der Waals surface area contributed by atoms with Gasteiger partial charge >= 0.3 is 0 Å². The Bertz CT molecular complexity index is 467. The second kappa shape index (κ2) is 4.08. The minimum atomic E-state index is 0.457. The molecule has 0 unspecified atom stereocenters. The number of halogens is 1. The van der Waals surface area contributed by atoms with Gasteiger partial charge in [-0.2, -0.15) is 0 Å². The predicted molar refractivity (Wildman–Crippen MR) is 63.5 cm³/mol. The molecule has 1 heterocycles. The first-order chi connectivity index (χ1) is 7.20. The van der Waals surface area contributed by atoms with Gasteiger partial charge in [0.2, 0.25) is 0 Å². The number of rotatable bonds is 2. The minimum absolute atomic E-state index is 0.457. The van der Waals surface area contributed by atoms with E-state index < -0.39 is 0 Å². The highest BCUT2D eigenvalue weighted by molar-refractivity contribution is 7.19. The molecule has 1 aromatic carbocycles. The lowest BCUT2D eigenvalue weighted by Gasteiger charge is -2.01. The van der Waals surface area contributed by atoms with Crippen LogP contribution in [0.4, 0.5) is 5.00 Å². The molecule has 0 saturated carbocycles. The number of hydrogen-bond acceptors (Lipinski definition) is 4. The average Bonchev–Trinajstić information content (AvgIpc) is 2.58. The molecule has 0 fully saturated rings. The Kier molecular flexibility index (Phi) is 2.79. The topological polar surface area (TPSA) is 48.1 Å². The molecule has 0 aliphatic carbocycles. The first-order valence-electron chi connectivity index (χ1n) is 4.27. The zero-order valence-electron chi connectivity index (χ0n) is 8.03. The number of hydrogen-bond donors (Lipinski definition) is 1. The molecule has 2 N–H and O–H groups in total. The summed E-state index contributed by atoms with van der Waals surface area (Å²) in [5, 5.41) is 0.630. The van der Waals surface area contributed by atoms with Crippen molar-refractivity contribution < 1.29 is 4.74 Å². The Morgan fingerprint density at radius 3 is 2.47 bits per heavy atom. The van der Waals surface area contributed by atoms with E-state index in [9.17, 15) is 0 Å². The molecule has 1 aromatic heterocycles. The highest BCUT2D eigenvalue weighted by Crippen LogP contribution is 2.33. The molecule has 0 radical (unpaired) electrons. The predicted octanol–water partition coefficient (Wildman–Crippen LogP) is 3.05. The summed E-state index contributed by atoms with van der Waals surface area (Å²) in [4.78, 5) is 4.15. The summed E-state index contributed by atoms with van der Waals surface area (Å²) in [6.07, 6.45) is 0. The fourth-order valence-corrected chi connectivity index (χ4v) is 2.17. The van der Waals surface area contributed by atoms with Gasteiger partial charge in [0.15, 0.2) is 4.47 Å². The van der Waals surface area contributed by atoms with Crippen LogP contribution in [0.1, 0.15) is 0 Å². The van der Waals surface area contributed by atoms with Gasteiger partial charge in [0.1, 0.15) is 16.4 Å². The number of nitrogens with two attached hydrogens (primary N) is 1. The van der Waals surface area contributed by atoms with Gasteiger partial charge in [-0.15, -0.1) is 0 Å². The van der Waals surface area contributed by atoms with Crippen molar-refractivity contribution in [1.82, 2.24) is 4.98 Å². The van der Waals surface area contributed by atoms with Crippen LogP contribution in [0, 0.1) is 0 Å². The van der Waals surface area contributed by atoms with Crippen LogP contribution in [0.15, 0.2) is 24.3 Å². The van der Waals surface area contributed by atoms with Gasteiger partial charge in [0.05, 0.1) is 7.11 Å². The van der Waals surface area contributed by atoms with Gasteiger partial charge in [-0.05, 0) is 24.3 Å².